The fourth-order valence-corrected chi connectivity index (χ4v) is 7.22. The first-order valence-electron chi connectivity index (χ1n) is 8.64. The number of hydrogen-bond donors (Lipinski definition) is 8. The summed E-state index contributed by atoms with van der Waals surface area (Å²) in [6.07, 6.45) is -4.63. The van der Waals surface area contributed by atoms with Crippen LogP contribution in [0.4, 0.5) is 5.82 Å². The third kappa shape index (κ3) is 7.64. The van der Waals surface area contributed by atoms with Gasteiger partial charge >= 0.3 is 31.3 Å². The number of rotatable bonds is 10. The van der Waals surface area contributed by atoms with Crippen molar-refractivity contribution in [1.82, 2.24) is 25.7 Å². The molecule has 26 heteroatoms. The molecular weight excluding hydrogens is 584 g/mol. The molecule has 3 unspecified atom stereocenters. The lowest BCUT2D eigenvalue weighted by Gasteiger charge is -2.25. The van der Waals surface area contributed by atoms with E-state index in [9.17, 15) is 38.3 Å². The molecule has 0 spiro atoms. The number of phosphoric acid groups is 4. The number of phosphoric ester groups is 1. The molecule has 0 saturated carbocycles. The van der Waals surface area contributed by atoms with Gasteiger partial charge in [-0.1, -0.05) is 6.10 Å². The zero-order chi connectivity index (χ0) is 26.4. The van der Waals surface area contributed by atoms with Gasteiger partial charge in [0.15, 0.2) is 17.7 Å². The molecule has 1 aliphatic rings. The second-order valence-corrected chi connectivity index (χ2v) is 12.6. The first-order valence-corrected chi connectivity index (χ1v) is 14.7. The van der Waals surface area contributed by atoms with Crippen LogP contribution in [0.2, 0.25) is 0 Å². The number of hydrogen-bond acceptors (Lipinski definition) is 15. The van der Waals surface area contributed by atoms with Crippen molar-refractivity contribution in [2.75, 3.05) is 12.3 Å². The van der Waals surface area contributed by atoms with Crippen molar-refractivity contribution < 1.29 is 75.1 Å². The van der Waals surface area contributed by atoms with E-state index >= 15 is 0 Å². The molecule has 0 bridgehead atoms. The Labute approximate surface area is 199 Å². The summed E-state index contributed by atoms with van der Waals surface area (Å²) in [4.78, 5) is 56.4. The van der Waals surface area contributed by atoms with Gasteiger partial charge in [-0.25, -0.2) is 33.2 Å². The average molecular weight is 604 g/mol. The van der Waals surface area contributed by atoms with Crippen LogP contribution in [0.5, 0.6) is 0 Å². The molecule has 0 aliphatic carbocycles. The van der Waals surface area contributed by atoms with Gasteiger partial charge < -0.3 is 51.3 Å². The van der Waals surface area contributed by atoms with Gasteiger partial charge in [-0.05, 0) is 0 Å². The van der Waals surface area contributed by atoms with E-state index in [-0.39, 0.29) is 23.1 Å². The minimum absolute atomic E-state index is 0. The average Bonchev–Trinajstić information content (AvgIpc) is 3.19. The highest BCUT2D eigenvalue weighted by molar-refractivity contribution is 7.69. The van der Waals surface area contributed by atoms with Crippen molar-refractivity contribution in [3.63, 3.8) is 0 Å². The lowest BCUT2D eigenvalue weighted by Crippen LogP contribution is -2.44. The molecule has 1 fully saturated rings. The first-order chi connectivity index (χ1) is 15.9. The maximum absolute atomic E-state index is 12.4. The van der Waals surface area contributed by atoms with Gasteiger partial charge in [-0.3, -0.25) is 9.09 Å². The lowest BCUT2D eigenvalue weighted by atomic mass is 10.1. The van der Waals surface area contributed by atoms with E-state index in [4.69, 9.17) is 25.2 Å². The standard InChI is InChI=1S/C10H16N5O16P4.H3N/c11-8-5-9(13-2-12-8)15(3-14-5)10-7(17)6(16)4(28-10)1-27-33(21,22)30-35(25,26)31-34(23,24)29-32(18,19)20;/h2-4,6-7,10,17H,1H2,(H,21,22)(H,23,24)(H,25,26)(H2,11,12,13)(H2,18,19,20);1H3/q-1;/p+1/t4-,6-,7-,10-;/m1./s1. The van der Waals surface area contributed by atoms with Gasteiger partial charge in [0.05, 0.1) is 25.1 Å². The number of quaternary nitrogens is 1. The molecule has 7 atom stereocenters. The van der Waals surface area contributed by atoms with Crippen LogP contribution in [0.15, 0.2) is 12.7 Å². The predicted molar refractivity (Wildman–Crippen MR) is 110 cm³/mol. The van der Waals surface area contributed by atoms with Gasteiger partial charge in [0.25, 0.3) is 0 Å². The summed E-state index contributed by atoms with van der Waals surface area (Å²) in [5.74, 6) is -0.00701. The Kier molecular flexibility index (Phi) is 9.34. The summed E-state index contributed by atoms with van der Waals surface area (Å²) in [5.41, 5.74) is 5.86. The van der Waals surface area contributed by atoms with Crippen LogP contribution in [0, 0.1) is 0 Å². The molecule has 22 nitrogen and oxygen atoms in total. The molecule has 3 heterocycles. The zero-order valence-corrected chi connectivity index (χ0v) is 21.2. The van der Waals surface area contributed by atoms with Crippen LogP contribution in [-0.2, 0) is 40.5 Å². The highest BCUT2D eigenvalue weighted by Gasteiger charge is 2.46. The highest BCUT2D eigenvalue weighted by atomic mass is 31.3. The van der Waals surface area contributed by atoms with E-state index in [1.165, 1.54) is 0 Å². The molecule has 2 aromatic rings. The minimum atomic E-state index is -6.02. The molecule has 2 aromatic heterocycles. The minimum Gasteiger partial charge on any atom is -0.848 e. The Bertz CT molecular complexity index is 1280. The molecule has 3 rings (SSSR count). The maximum Gasteiger partial charge on any atom is 0.490 e. The molecule has 1 saturated heterocycles. The van der Waals surface area contributed by atoms with Gasteiger partial charge in [0, 0.05) is 0 Å². The van der Waals surface area contributed by atoms with E-state index in [0.717, 1.165) is 17.2 Å². The Morgan fingerprint density at radius 3 is 2.19 bits per heavy atom. The van der Waals surface area contributed by atoms with Gasteiger partial charge in [0.1, 0.15) is 11.8 Å². The molecule has 0 aromatic carbocycles. The summed E-state index contributed by atoms with van der Waals surface area (Å²) < 4.78 is 66.7. The molecular formula is C10H20N6O16P4. The monoisotopic (exact) mass is 604 g/mol. The predicted octanol–water partition coefficient (Wildman–Crippen LogP) is -1.77. The van der Waals surface area contributed by atoms with Gasteiger partial charge in [-0.2, -0.15) is 12.9 Å². The molecule has 12 N–H and O–H groups in total. The Morgan fingerprint density at radius 1 is 1.00 bits per heavy atom. The van der Waals surface area contributed by atoms with Gasteiger partial charge in [0.2, 0.25) is 0 Å². The van der Waals surface area contributed by atoms with Crippen molar-refractivity contribution >= 4 is 48.3 Å². The van der Waals surface area contributed by atoms with E-state index in [2.05, 4.69) is 32.4 Å². The zero-order valence-electron chi connectivity index (χ0n) is 17.6. The number of nitrogens with zero attached hydrogens (tertiary/aromatic N) is 4. The maximum atomic E-state index is 12.4. The van der Waals surface area contributed by atoms with Crippen LogP contribution in [-0.4, -0.2) is 74.0 Å². The topological polar surface area (TPSA) is 365 Å². The number of nitrogens with two attached hydrogens (primary N) is 1. The molecule has 0 radical (unpaired) electrons. The lowest BCUT2D eigenvalue weighted by molar-refractivity contribution is -0.440. The number of fused-ring (bicyclic) bond motifs is 1. The van der Waals surface area contributed by atoms with Crippen molar-refractivity contribution in [2.24, 2.45) is 0 Å². The number of nitrogen functional groups attached to an aromatic ring is 1. The van der Waals surface area contributed by atoms with Crippen molar-refractivity contribution in [1.29, 1.82) is 0 Å². The van der Waals surface area contributed by atoms with Crippen molar-refractivity contribution in [3.05, 3.63) is 12.7 Å². The highest BCUT2D eigenvalue weighted by Crippen LogP contribution is 2.70. The number of ether oxygens (including phenoxy) is 1. The second-order valence-electron chi connectivity index (χ2n) is 6.54. The normalized spacial score (nSPS) is 27.6. The SMILES string of the molecule is Nc1ncnc2c1ncn2[C@@H]1O[C@H](COP(=O)(O)OP(=O)(O)OP(=O)(O)OP(=O)(O)O)[C@@H]([O-])[C@H]1O.[NH4+]. The van der Waals surface area contributed by atoms with Crippen molar-refractivity contribution in [3.8, 4) is 0 Å². The number of aliphatic hydroxyl groups is 1. The first kappa shape index (κ1) is 31.0. The summed E-state index contributed by atoms with van der Waals surface area (Å²) in [6, 6.07) is 0. The summed E-state index contributed by atoms with van der Waals surface area (Å²) in [7, 11) is -23.3. The Hall–Kier alpha value is -1.25. The summed E-state index contributed by atoms with van der Waals surface area (Å²) in [6.45, 7) is -1.12. The Balaban J connectivity index is 0.00000456. The largest absolute Gasteiger partial charge is 0.848 e. The van der Waals surface area contributed by atoms with Crippen LogP contribution < -0.4 is 17.0 Å². The van der Waals surface area contributed by atoms with Gasteiger partial charge in [-0.15, -0.1) is 0 Å². The fourth-order valence-electron chi connectivity index (χ4n) is 2.76. The van der Waals surface area contributed by atoms with E-state index in [1.54, 1.807) is 0 Å². The number of anilines is 1. The molecule has 36 heavy (non-hydrogen) atoms. The Morgan fingerprint density at radius 2 is 1.58 bits per heavy atom. The number of aliphatic hydroxyl groups excluding tert-OH is 1. The van der Waals surface area contributed by atoms with E-state index in [0.29, 0.717) is 0 Å². The van der Waals surface area contributed by atoms with Crippen LogP contribution >= 0.6 is 31.3 Å². The van der Waals surface area contributed by atoms with E-state index in [1.807, 2.05) is 0 Å². The molecule has 1 aliphatic heterocycles. The van der Waals surface area contributed by atoms with Crippen LogP contribution in [0.25, 0.3) is 11.2 Å². The summed E-state index contributed by atoms with van der Waals surface area (Å²) >= 11 is 0. The molecule has 0 amide bonds. The van der Waals surface area contributed by atoms with Crippen molar-refractivity contribution in [2.45, 2.75) is 24.5 Å². The second kappa shape index (κ2) is 10.9. The number of imidazole rings is 1. The fraction of sp³-hybridized carbons (Fsp3) is 0.500. The third-order valence-electron chi connectivity index (χ3n) is 3.99. The number of aromatic nitrogens is 4. The van der Waals surface area contributed by atoms with E-state index < -0.39 is 62.4 Å². The molecule has 206 valence electrons. The van der Waals surface area contributed by atoms with Crippen LogP contribution in [0.3, 0.4) is 0 Å². The third-order valence-corrected chi connectivity index (χ3v) is 9.45. The summed E-state index contributed by atoms with van der Waals surface area (Å²) in [5, 5.41) is 22.6. The quantitative estimate of drug-likeness (QED) is 0.139. The smallest absolute Gasteiger partial charge is 0.490 e. The van der Waals surface area contributed by atoms with Crippen LogP contribution in [0.1, 0.15) is 6.23 Å².